The first kappa shape index (κ1) is 13.8. The van der Waals surface area contributed by atoms with Crippen LogP contribution in [0.5, 0.6) is 0 Å². The summed E-state index contributed by atoms with van der Waals surface area (Å²) in [6.45, 7) is 3.80. The minimum absolute atomic E-state index is 0.103. The van der Waals surface area contributed by atoms with Crippen molar-refractivity contribution in [3.8, 4) is 5.69 Å². The van der Waals surface area contributed by atoms with Crippen LogP contribution < -0.4 is 10.6 Å². The Morgan fingerprint density at radius 1 is 1.29 bits per heavy atom. The molecular weight excluding hydrogens is 264 g/mol. The molecule has 0 spiro atoms. The van der Waals surface area contributed by atoms with Crippen molar-refractivity contribution in [3.63, 3.8) is 0 Å². The standard InChI is InChI=1S/C16H20N4O/c1-12-15(19-16(21)13-7-9-17-10-8-13)11-18-20(12)14-5-3-2-4-6-14/h2-6,11,13,17H,7-10H2,1H3,(H,19,21). The fourth-order valence-corrected chi connectivity index (χ4v) is 2.68. The third kappa shape index (κ3) is 2.97. The molecular formula is C16H20N4O. The van der Waals surface area contributed by atoms with Gasteiger partial charge in [-0.2, -0.15) is 5.10 Å². The molecule has 1 fully saturated rings. The highest BCUT2D eigenvalue weighted by Gasteiger charge is 2.22. The van der Waals surface area contributed by atoms with Gasteiger partial charge in [0, 0.05) is 5.92 Å². The number of rotatable bonds is 3. The number of para-hydroxylation sites is 1. The fourth-order valence-electron chi connectivity index (χ4n) is 2.68. The highest BCUT2D eigenvalue weighted by atomic mass is 16.1. The maximum absolute atomic E-state index is 12.3. The summed E-state index contributed by atoms with van der Waals surface area (Å²) in [5, 5.41) is 10.7. The van der Waals surface area contributed by atoms with E-state index in [-0.39, 0.29) is 11.8 Å². The summed E-state index contributed by atoms with van der Waals surface area (Å²) in [5.41, 5.74) is 2.74. The van der Waals surface area contributed by atoms with Gasteiger partial charge in [0.2, 0.25) is 5.91 Å². The molecule has 2 aromatic rings. The molecule has 110 valence electrons. The molecule has 2 N–H and O–H groups in total. The Bertz CT molecular complexity index is 614. The molecule has 1 amide bonds. The van der Waals surface area contributed by atoms with Crippen LogP contribution in [0, 0.1) is 12.8 Å². The SMILES string of the molecule is Cc1c(NC(=O)C2CCNCC2)cnn1-c1ccccc1. The number of aromatic nitrogens is 2. The smallest absolute Gasteiger partial charge is 0.227 e. The van der Waals surface area contributed by atoms with E-state index in [1.165, 1.54) is 0 Å². The van der Waals surface area contributed by atoms with Crippen LogP contribution in [0.15, 0.2) is 36.5 Å². The number of nitrogens with one attached hydrogen (secondary N) is 2. The number of carbonyl (C=O) groups excluding carboxylic acids is 1. The number of carbonyl (C=O) groups is 1. The molecule has 5 heteroatoms. The summed E-state index contributed by atoms with van der Waals surface area (Å²) in [4.78, 5) is 12.3. The quantitative estimate of drug-likeness (QED) is 0.907. The van der Waals surface area contributed by atoms with Crippen molar-refractivity contribution < 1.29 is 4.79 Å². The molecule has 3 rings (SSSR count). The second-order valence-corrected chi connectivity index (χ2v) is 5.40. The van der Waals surface area contributed by atoms with Gasteiger partial charge in [-0.25, -0.2) is 4.68 Å². The highest BCUT2D eigenvalue weighted by Crippen LogP contribution is 2.20. The summed E-state index contributed by atoms with van der Waals surface area (Å²) < 4.78 is 1.85. The van der Waals surface area contributed by atoms with E-state index in [9.17, 15) is 4.79 Å². The van der Waals surface area contributed by atoms with E-state index >= 15 is 0 Å². The molecule has 1 aliphatic heterocycles. The second-order valence-electron chi connectivity index (χ2n) is 5.40. The average Bonchev–Trinajstić information content (AvgIpc) is 2.90. The lowest BCUT2D eigenvalue weighted by Gasteiger charge is -2.21. The zero-order chi connectivity index (χ0) is 14.7. The number of hydrogen-bond donors (Lipinski definition) is 2. The fraction of sp³-hybridized carbons (Fsp3) is 0.375. The van der Waals surface area contributed by atoms with Crippen LogP contribution in [0.1, 0.15) is 18.5 Å². The van der Waals surface area contributed by atoms with E-state index < -0.39 is 0 Å². The Kier molecular flexibility index (Phi) is 4.01. The van der Waals surface area contributed by atoms with Crippen LogP contribution >= 0.6 is 0 Å². The maximum Gasteiger partial charge on any atom is 0.227 e. The monoisotopic (exact) mass is 284 g/mol. The first-order valence-electron chi connectivity index (χ1n) is 7.37. The Balaban J connectivity index is 1.75. The van der Waals surface area contributed by atoms with E-state index in [0.717, 1.165) is 43.0 Å². The van der Waals surface area contributed by atoms with Crippen molar-refractivity contribution in [2.24, 2.45) is 5.92 Å². The molecule has 0 unspecified atom stereocenters. The summed E-state index contributed by atoms with van der Waals surface area (Å²) in [7, 11) is 0. The lowest BCUT2D eigenvalue weighted by molar-refractivity contribution is -0.120. The normalized spacial score (nSPS) is 15.9. The number of hydrogen-bond acceptors (Lipinski definition) is 3. The molecule has 0 saturated carbocycles. The van der Waals surface area contributed by atoms with Crippen molar-refractivity contribution >= 4 is 11.6 Å². The van der Waals surface area contributed by atoms with Crippen LogP contribution in [0.25, 0.3) is 5.69 Å². The van der Waals surface area contributed by atoms with Crippen molar-refractivity contribution in [1.82, 2.24) is 15.1 Å². The third-order valence-electron chi connectivity index (χ3n) is 3.98. The molecule has 2 heterocycles. The summed E-state index contributed by atoms with van der Waals surface area (Å²) in [5.74, 6) is 0.206. The van der Waals surface area contributed by atoms with Crippen molar-refractivity contribution in [1.29, 1.82) is 0 Å². The topological polar surface area (TPSA) is 59.0 Å². The number of benzene rings is 1. The van der Waals surface area contributed by atoms with E-state index in [1.807, 2.05) is 41.9 Å². The Hall–Kier alpha value is -2.14. The number of nitrogens with zero attached hydrogens (tertiary/aromatic N) is 2. The zero-order valence-electron chi connectivity index (χ0n) is 12.2. The van der Waals surface area contributed by atoms with Crippen LogP contribution in [-0.4, -0.2) is 28.8 Å². The lowest BCUT2D eigenvalue weighted by atomic mass is 9.97. The van der Waals surface area contributed by atoms with Gasteiger partial charge in [0.1, 0.15) is 0 Å². The Labute approximate surface area is 124 Å². The van der Waals surface area contributed by atoms with Crippen LogP contribution in [0.4, 0.5) is 5.69 Å². The maximum atomic E-state index is 12.3. The minimum Gasteiger partial charge on any atom is -0.323 e. The largest absolute Gasteiger partial charge is 0.323 e. The molecule has 0 radical (unpaired) electrons. The Morgan fingerprint density at radius 2 is 2.00 bits per heavy atom. The molecule has 1 aliphatic rings. The Morgan fingerprint density at radius 3 is 2.71 bits per heavy atom. The van der Waals surface area contributed by atoms with E-state index in [1.54, 1.807) is 6.20 Å². The van der Waals surface area contributed by atoms with E-state index in [0.29, 0.717) is 0 Å². The zero-order valence-corrected chi connectivity index (χ0v) is 12.2. The minimum atomic E-state index is 0.103. The highest BCUT2D eigenvalue weighted by molar-refractivity contribution is 5.93. The molecule has 21 heavy (non-hydrogen) atoms. The van der Waals surface area contributed by atoms with Crippen LogP contribution in [-0.2, 0) is 4.79 Å². The summed E-state index contributed by atoms with van der Waals surface area (Å²) in [6, 6.07) is 9.92. The molecule has 1 aromatic heterocycles. The van der Waals surface area contributed by atoms with Crippen LogP contribution in [0.2, 0.25) is 0 Å². The van der Waals surface area contributed by atoms with Gasteiger partial charge in [-0.15, -0.1) is 0 Å². The first-order chi connectivity index (χ1) is 10.3. The summed E-state index contributed by atoms with van der Waals surface area (Å²) in [6.07, 6.45) is 3.52. The van der Waals surface area contributed by atoms with Gasteiger partial charge in [-0.05, 0) is 45.0 Å². The van der Waals surface area contributed by atoms with Gasteiger partial charge in [-0.3, -0.25) is 4.79 Å². The number of piperidine rings is 1. The average molecular weight is 284 g/mol. The number of anilines is 1. The number of amides is 1. The van der Waals surface area contributed by atoms with Crippen molar-refractivity contribution in [3.05, 3.63) is 42.2 Å². The van der Waals surface area contributed by atoms with Gasteiger partial charge in [0.15, 0.2) is 0 Å². The van der Waals surface area contributed by atoms with Crippen LogP contribution in [0.3, 0.4) is 0 Å². The van der Waals surface area contributed by atoms with Crippen molar-refractivity contribution in [2.45, 2.75) is 19.8 Å². The molecule has 0 bridgehead atoms. The van der Waals surface area contributed by atoms with Crippen molar-refractivity contribution in [2.75, 3.05) is 18.4 Å². The molecule has 0 atom stereocenters. The summed E-state index contributed by atoms with van der Waals surface area (Å²) >= 11 is 0. The first-order valence-corrected chi connectivity index (χ1v) is 7.37. The van der Waals surface area contributed by atoms with E-state index in [2.05, 4.69) is 15.7 Å². The molecule has 5 nitrogen and oxygen atoms in total. The van der Waals surface area contributed by atoms with E-state index in [4.69, 9.17) is 0 Å². The van der Waals surface area contributed by atoms with Gasteiger partial charge < -0.3 is 10.6 Å². The molecule has 1 aromatic carbocycles. The predicted octanol–water partition coefficient (Wildman–Crippen LogP) is 2.12. The van der Waals surface area contributed by atoms with Gasteiger partial charge in [0.05, 0.1) is 23.3 Å². The lowest BCUT2D eigenvalue weighted by Crippen LogP contribution is -2.34. The third-order valence-corrected chi connectivity index (χ3v) is 3.98. The second kappa shape index (κ2) is 6.10. The van der Waals surface area contributed by atoms with Gasteiger partial charge in [-0.1, -0.05) is 18.2 Å². The van der Waals surface area contributed by atoms with Gasteiger partial charge in [0.25, 0.3) is 0 Å². The molecule has 1 saturated heterocycles. The predicted molar refractivity (Wildman–Crippen MR) is 82.5 cm³/mol. The van der Waals surface area contributed by atoms with Gasteiger partial charge >= 0.3 is 0 Å². The molecule has 0 aliphatic carbocycles.